The molecule has 1 amide bonds. The van der Waals surface area contributed by atoms with Gasteiger partial charge in [-0.1, -0.05) is 53.7 Å². The van der Waals surface area contributed by atoms with Crippen LogP contribution in [0.1, 0.15) is 22.3 Å². The van der Waals surface area contributed by atoms with Gasteiger partial charge in [0.05, 0.1) is 24.7 Å². The minimum Gasteiger partial charge on any atom is -0.379 e. The van der Waals surface area contributed by atoms with Crippen molar-refractivity contribution in [2.45, 2.75) is 32.1 Å². The van der Waals surface area contributed by atoms with E-state index in [1.54, 1.807) is 4.68 Å². The minimum atomic E-state index is -0.0532. The molecule has 9 heteroatoms. The summed E-state index contributed by atoms with van der Waals surface area (Å²) in [6, 6.07) is 14.5. The number of ether oxygens (including phenoxy) is 1. The third-order valence-corrected chi connectivity index (χ3v) is 6.30. The average Bonchev–Trinajstić information content (AvgIpc) is 3.26. The predicted octanol–water partition coefficient (Wildman–Crippen LogP) is 2.52. The van der Waals surface area contributed by atoms with E-state index in [2.05, 4.69) is 56.1 Å². The van der Waals surface area contributed by atoms with Gasteiger partial charge in [-0.2, -0.15) is 4.68 Å². The van der Waals surface area contributed by atoms with E-state index in [0.29, 0.717) is 11.7 Å². The van der Waals surface area contributed by atoms with Gasteiger partial charge in [-0.3, -0.25) is 9.69 Å². The monoisotopic (exact) mass is 452 g/mol. The highest BCUT2D eigenvalue weighted by atomic mass is 32.2. The number of rotatable bonds is 8. The van der Waals surface area contributed by atoms with Crippen LogP contribution >= 0.6 is 11.8 Å². The molecule has 2 aromatic carbocycles. The van der Waals surface area contributed by atoms with E-state index < -0.39 is 0 Å². The number of nitrogens with zero attached hydrogens (tertiary/aromatic N) is 5. The maximum absolute atomic E-state index is 12.4. The number of carbonyl (C=O) groups excluding carboxylic acids is 1. The topological polar surface area (TPSA) is 85.2 Å². The molecular formula is C23H28N6O2S. The third kappa shape index (κ3) is 5.93. The minimum absolute atomic E-state index is 0.0532. The Morgan fingerprint density at radius 3 is 2.59 bits per heavy atom. The standard InChI is InChI=1S/C23H28N6O2S/c1-17-3-8-21(18(2)13-17)29-23(25-26-27-29)32-16-22(30)24-14-19-4-6-20(7-5-19)15-28-9-11-31-12-10-28/h3-8,13H,9-12,14-16H2,1-2H3,(H,24,30). The van der Waals surface area contributed by atoms with Crippen molar-refractivity contribution in [3.63, 3.8) is 0 Å². The first kappa shape index (κ1) is 22.4. The van der Waals surface area contributed by atoms with Crippen LogP contribution in [0.25, 0.3) is 5.69 Å². The van der Waals surface area contributed by atoms with Gasteiger partial charge in [0, 0.05) is 26.2 Å². The molecule has 0 saturated carbocycles. The summed E-state index contributed by atoms with van der Waals surface area (Å²) < 4.78 is 7.08. The molecule has 1 aliphatic heterocycles. The molecule has 1 aromatic heterocycles. The largest absolute Gasteiger partial charge is 0.379 e. The van der Waals surface area contributed by atoms with Crippen LogP contribution in [-0.2, 0) is 22.6 Å². The fourth-order valence-electron chi connectivity index (χ4n) is 3.62. The van der Waals surface area contributed by atoms with Crippen molar-refractivity contribution in [3.8, 4) is 5.69 Å². The van der Waals surface area contributed by atoms with Gasteiger partial charge in [0.15, 0.2) is 0 Å². The van der Waals surface area contributed by atoms with Gasteiger partial charge in [-0.15, -0.1) is 5.10 Å². The summed E-state index contributed by atoms with van der Waals surface area (Å²) in [5.41, 5.74) is 5.54. The Morgan fingerprint density at radius 1 is 1.09 bits per heavy atom. The smallest absolute Gasteiger partial charge is 0.230 e. The van der Waals surface area contributed by atoms with Crippen LogP contribution in [0.3, 0.4) is 0 Å². The number of aromatic nitrogens is 4. The van der Waals surface area contributed by atoms with Crippen LogP contribution in [0, 0.1) is 13.8 Å². The summed E-state index contributed by atoms with van der Waals surface area (Å²) in [6.45, 7) is 9.06. The van der Waals surface area contributed by atoms with Crippen LogP contribution in [0.2, 0.25) is 0 Å². The molecule has 1 saturated heterocycles. The highest BCUT2D eigenvalue weighted by Crippen LogP contribution is 2.21. The molecule has 0 unspecified atom stereocenters. The van der Waals surface area contributed by atoms with Gasteiger partial charge >= 0.3 is 0 Å². The molecule has 1 aliphatic rings. The van der Waals surface area contributed by atoms with Gasteiger partial charge in [0.1, 0.15) is 0 Å². The van der Waals surface area contributed by atoms with E-state index in [0.717, 1.165) is 49.7 Å². The summed E-state index contributed by atoms with van der Waals surface area (Å²) in [6.07, 6.45) is 0. The number of hydrogen-bond donors (Lipinski definition) is 1. The van der Waals surface area contributed by atoms with E-state index >= 15 is 0 Å². The van der Waals surface area contributed by atoms with Crippen LogP contribution in [0.4, 0.5) is 0 Å². The van der Waals surface area contributed by atoms with E-state index in [-0.39, 0.29) is 11.7 Å². The van der Waals surface area contributed by atoms with Crippen molar-refractivity contribution in [2.75, 3.05) is 32.1 Å². The summed E-state index contributed by atoms with van der Waals surface area (Å²) in [7, 11) is 0. The van der Waals surface area contributed by atoms with E-state index in [9.17, 15) is 4.79 Å². The molecule has 1 fully saturated rings. The Bertz CT molecular complexity index is 1050. The second kappa shape index (κ2) is 10.7. The number of carbonyl (C=O) groups is 1. The lowest BCUT2D eigenvalue weighted by Crippen LogP contribution is -2.35. The molecular weight excluding hydrogens is 424 g/mol. The Hall–Kier alpha value is -2.75. The Morgan fingerprint density at radius 2 is 1.84 bits per heavy atom. The first-order valence-electron chi connectivity index (χ1n) is 10.7. The zero-order chi connectivity index (χ0) is 22.3. The third-order valence-electron chi connectivity index (χ3n) is 5.38. The number of hydrogen-bond acceptors (Lipinski definition) is 7. The molecule has 2 heterocycles. The summed E-state index contributed by atoms with van der Waals surface area (Å²) in [5.74, 6) is 0.197. The van der Waals surface area contributed by atoms with Crippen molar-refractivity contribution in [3.05, 3.63) is 64.7 Å². The van der Waals surface area contributed by atoms with Crippen LogP contribution in [0.15, 0.2) is 47.6 Å². The quantitative estimate of drug-likeness (QED) is 0.526. The van der Waals surface area contributed by atoms with Gasteiger partial charge in [0.2, 0.25) is 11.1 Å². The van der Waals surface area contributed by atoms with Crippen LogP contribution in [-0.4, -0.2) is 63.1 Å². The Kier molecular flexibility index (Phi) is 7.51. The molecule has 0 spiro atoms. The fraction of sp³-hybridized carbons (Fsp3) is 0.391. The van der Waals surface area contributed by atoms with E-state index in [4.69, 9.17) is 4.74 Å². The van der Waals surface area contributed by atoms with E-state index in [1.165, 1.54) is 22.9 Å². The van der Waals surface area contributed by atoms with Crippen molar-refractivity contribution in [1.29, 1.82) is 0 Å². The number of morpholine rings is 1. The molecule has 168 valence electrons. The lowest BCUT2D eigenvalue weighted by molar-refractivity contribution is -0.118. The molecule has 32 heavy (non-hydrogen) atoms. The average molecular weight is 453 g/mol. The van der Waals surface area contributed by atoms with Gasteiger partial charge in [-0.25, -0.2) is 0 Å². The lowest BCUT2D eigenvalue weighted by Gasteiger charge is -2.26. The number of benzene rings is 2. The molecule has 0 atom stereocenters. The first-order chi connectivity index (χ1) is 15.6. The molecule has 4 rings (SSSR count). The Balaban J connectivity index is 1.26. The van der Waals surface area contributed by atoms with Crippen LogP contribution < -0.4 is 5.32 Å². The molecule has 0 aliphatic carbocycles. The lowest BCUT2D eigenvalue weighted by atomic mass is 10.1. The SMILES string of the molecule is Cc1ccc(-n2nnnc2SCC(=O)NCc2ccc(CN3CCOCC3)cc2)c(C)c1. The van der Waals surface area contributed by atoms with Crippen LogP contribution in [0.5, 0.6) is 0 Å². The number of tetrazole rings is 1. The number of amides is 1. The number of aryl methyl sites for hydroxylation is 2. The van der Waals surface area contributed by atoms with Crippen molar-refractivity contribution < 1.29 is 9.53 Å². The van der Waals surface area contributed by atoms with Crippen molar-refractivity contribution >= 4 is 17.7 Å². The molecule has 8 nitrogen and oxygen atoms in total. The second-order valence-corrected chi connectivity index (χ2v) is 8.88. The molecule has 0 bridgehead atoms. The molecule has 3 aromatic rings. The maximum Gasteiger partial charge on any atom is 0.230 e. The molecule has 1 N–H and O–H groups in total. The number of thioether (sulfide) groups is 1. The normalized spacial score (nSPS) is 14.4. The first-order valence-corrected chi connectivity index (χ1v) is 11.7. The highest BCUT2D eigenvalue weighted by Gasteiger charge is 2.14. The number of nitrogens with one attached hydrogen (secondary N) is 1. The maximum atomic E-state index is 12.4. The van der Waals surface area contributed by atoms with Gasteiger partial charge in [-0.05, 0) is 47.0 Å². The fourth-order valence-corrected chi connectivity index (χ4v) is 4.34. The zero-order valence-corrected chi connectivity index (χ0v) is 19.3. The predicted molar refractivity (Wildman–Crippen MR) is 124 cm³/mol. The van der Waals surface area contributed by atoms with Gasteiger partial charge in [0.25, 0.3) is 0 Å². The Labute approximate surface area is 192 Å². The summed E-state index contributed by atoms with van der Waals surface area (Å²) in [5, 5.41) is 15.5. The summed E-state index contributed by atoms with van der Waals surface area (Å²) in [4.78, 5) is 14.8. The highest BCUT2D eigenvalue weighted by molar-refractivity contribution is 7.99. The second-order valence-electron chi connectivity index (χ2n) is 7.93. The van der Waals surface area contributed by atoms with E-state index in [1.807, 2.05) is 26.0 Å². The van der Waals surface area contributed by atoms with Crippen molar-refractivity contribution in [1.82, 2.24) is 30.4 Å². The zero-order valence-electron chi connectivity index (χ0n) is 18.5. The van der Waals surface area contributed by atoms with Crippen molar-refractivity contribution in [2.24, 2.45) is 0 Å². The van der Waals surface area contributed by atoms with Gasteiger partial charge < -0.3 is 10.1 Å². The molecule has 0 radical (unpaired) electrons. The summed E-state index contributed by atoms with van der Waals surface area (Å²) >= 11 is 1.33.